The van der Waals surface area contributed by atoms with Crippen LogP contribution in [-0.4, -0.2) is 64.7 Å². The number of nitrogens with one attached hydrogen (secondary N) is 2. The standard InChI is InChI=1S/C20H25N7O2/c28-20(27-7-1-2-8-27)14-3-4-16(21-11-14)26-9-5-15(6-10-26)29-19-17-18(23-12-22-17)24-13-25-19/h3-4,11,13,15,22H,1-2,5-10,12H2,(H,23,24,25). The number of fused-ring (bicyclic) bond motifs is 1. The number of hydrogen-bond donors (Lipinski definition) is 2. The highest BCUT2D eigenvalue weighted by Crippen LogP contribution is 2.33. The van der Waals surface area contributed by atoms with E-state index in [-0.39, 0.29) is 12.0 Å². The summed E-state index contributed by atoms with van der Waals surface area (Å²) in [4.78, 5) is 29.7. The number of aromatic nitrogens is 3. The third kappa shape index (κ3) is 3.64. The van der Waals surface area contributed by atoms with Crippen LogP contribution in [0.15, 0.2) is 24.7 Å². The average molecular weight is 395 g/mol. The van der Waals surface area contributed by atoms with E-state index in [1.54, 1.807) is 6.20 Å². The maximum Gasteiger partial charge on any atom is 0.255 e. The number of likely N-dealkylation sites (tertiary alicyclic amines) is 1. The molecule has 0 atom stereocenters. The number of hydrogen-bond acceptors (Lipinski definition) is 8. The van der Waals surface area contributed by atoms with E-state index in [4.69, 9.17) is 4.74 Å². The topological polar surface area (TPSA) is 95.5 Å². The molecule has 0 bridgehead atoms. The molecule has 2 saturated heterocycles. The Morgan fingerprint density at radius 1 is 1.03 bits per heavy atom. The molecule has 0 radical (unpaired) electrons. The number of rotatable bonds is 4. The Hall–Kier alpha value is -3.10. The van der Waals surface area contributed by atoms with E-state index in [0.29, 0.717) is 18.1 Å². The highest BCUT2D eigenvalue weighted by molar-refractivity contribution is 5.94. The van der Waals surface area contributed by atoms with Crippen LogP contribution in [-0.2, 0) is 0 Å². The number of piperidine rings is 1. The van der Waals surface area contributed by atoms with Crippen molar-refractivity contribution in [3.05, 3.63) is 30.2 Å². The molecule has 5 heterocycles. The number of anilines is 3. The van der Waals surface area contributed by atoms with Crippen molar-refractivity contribution in [2.75, 3.05) is 48.4 Å². The molecule has 9 nitrogen and oxygen atoms in total. The van der Waals surface area contributed by atoms with E-state index >= 15 is 0 Å². The summed E-state index contributed by atoms with van der Waals surface area (Å²) in [6, 6.07) is 3.85. The van der Waals surface area contributed by atoms with Gasteiger partial charge < -0.3 is 25.2 Å². The maximum atomic E-state index is 12.5. The van der Waals surface area contributed by atoms with Gasteiger partial charge >= 0.3 is 0 Å². The Labute approximate surface area is 169 Å². The molecule has 0 spiro atoms. The number of pyridine rings is 1. The zero-order valence-corrected chi connectivity index (χ0v) is 16.3. The Morgan fingerprint density at radius 3 is 2.62 bits per heavy atom. The van der Waals surface area contributed by atoms with E-state index < -0.39 is 0 Å². The van der Waals surface area contributed by atoms with Gasteiger partial charge in [-0.15, -0.1) is 0 Å². The first-order valence-electron chi connectivity index (χ1n) is 10.3. The molecule has 2 aromatic heterocycles. The fraction of sp³-hybridized carbons (Fsp3) is 0.500. The lowest BCUT2D eigenvalue weighted by Crippen LogP contribution is -2.39. The van der Waals surface area contributed by atoms with Crippen molar-refractivity contribution in [2.45, 2.75) is 31.8 Å². The van der Waals surface area contributed by atoms with Gasteiger partial charge in [0.15, 0.2) is 5.82 Å². The Morgan fingerprint density at radius 2 is 1.86 bits per heavy atom. The van der Waals surface area contributed by atoms with Crippen molar-refractivity contribution in [1.82, 2.24) is 19.9 Å². The van der Waals surface area contributed by atoms with Gasteiger partial charge in [-0.25, -0.2) is 9.97 Å². The van der Waals surface area contributed by atoms with Gasteiger partial charge in [-0.3, -0.25) is 4.79 Å². The molecule has 152 valence electrons. The first-order chi connectivity index (χ1) is 14.3. The summed E-state index contributed by atoms with van der Waals surface area (Å²) in [7, 11) is 0. The second kappa shape index (κ2) is 7.73. The molecule has 2 N–H and O–H groups in total. The van der Waals surface area contributed by atoms with Gasteiger partial charge in [0.25, 0.3) is 5.91 Å². The Kier molecular flexibility index (Phi) is 4.79. The van der Waals surface area contributed by atoms with Gasteiger partial charge in [0.05, 0.1) is 12.2 Å². The van der Waals surface area contributed by atoms with Crippen LogP contribution in [0.25, 0.3) is 0 Å². The number of nitrogens with zero attached hydrogens (tertiary/aromatic N) is 5. The van der Waals surface area contributed by atoms with Gasteiger partial charge in [-0.1, -0.05) is 0 Å². The molecule has 0 aliphatic carbocycles. The van der Waals surface area contributed by atoms with Gasteiger partial charge in [-0.05, 0) is 25.0 Å². The third-order valence-electron chi connectivity index (χ3n) is 5.77. The zero-order valence-electron chi connectivity index (χ0n) is 16.3. The lowest BCUT2D eigenvalue weighted by Gasteiger charge is -2.32. The van der Waals surface area contributed by atoms with Crippen molar-refractivity contribution in [3.8, 4) is 5.88 Å². The molecule has 0 aromatic carbocycles. The van der Waals surface area contributed by atoms with Crippen molar-refractivity contribution < 1.29 is 9.53 Å². The summed E-state index contributed by atoms with van der Waals surface area (Å²) >= 11 is 0. The highest BCUT2D eigenvalue weighted by Gasteiger charge is 2.25. The van der Waals surface area contributed by atoms with Gasteiger partial charge in [-0.2, -0.15) is 4.98 Å². The summed E-state index contributed by atoms with van der Waals surface area (Å²) in [6.07, 6.45) is 7.32. The number of carbonyl (C=O) groups is 1. The van der Waals surface area contributed by atoms with E-state index in [2.05, 4.69) is 30.5 Å². The fourth-order valence-corrected chi connectivity index (χ4v) is 4.13. The Bertz CT molecular complexity index is 875. The second-order valence-electron chi connectivity index (χ2n) is 7.64. The molecule has 0 saturated carbocycles. The van der Waals surface area contributed by atoms with Crippen LogP contribution in [0, 0.1) is 0 Å². The van der Waals surface area contributed by atoms with Crippen LogP contribution in [0.1, 0.15) is 36.0 Å². The lowest BCUT2D eigenvalue weighted by molar-refractivity contribution is 0.0792. The minimum absolute atomic E-state index is 0.0918. The van der Waals surface area contributed by atoms with Crippen molar-refractivity contribution >= 4 is 23.2 Å². The van der Waals surface area contributed by atoms with E-state index in [0.717, 1.165) is 69.2 Å². The molecular formula is C20H25N7O2. The lowest BCUT2D eigenvalue weighted by atomic mass is 10.1. The summed E-state index contributed by atoms with van der Waals surface area (Å²) < 4.78 is 6.14. The molecule has 3 aliphatic rings. The summed E-state index contributed by atoms with van der Waals surface area (Å²) in [5.41, 5.74) is 1.52. The van der Waals surface area contributed by atoms with Crippen molar-refractivity contribution in [1.29, 1.82) is 0 Å². The number of carbonyl (C=O) groups excluding carboxylic acids is 1. The highest BCUT2D eigenvalue weighted by atomic mass is 16.5. The average Bonchev–Trinajstić information content (AvgIpc) is 3.47. The third-order valence-corrected chi connectivity index (χ3v) is 5.77. The molecule has 3 aliphatic heterocycles. The van der Waals surface area contributed by atoms with Gasteiger partial charge in [0.1, 0.15) is 23.9 Å². The maximum absolute atomic E-state index is 12.5. The zero-order chi connectivity index (χ0) is 19.6. The molecule has 29 heavy (non-hydrogen) atoms. The molecule has 5 rings (SSSR count). The predicted molar refractivity (Wildman–Crippen MR) is 109 cm³/mol. The summed E-state index contributed by atoms with van der Waals surface area (Å²) in [5, 5.41) is 6.37. The number of ether oxygens (including phenoxy) is 1. The minimum Gasteiger partial charge on any atom is -0.473 e. The predicted octanol–water partition coefficient (Wildman–Crippen LogP) is 1.95. The normalized spacial score (nSPS) is 18.9. The molecule has 2 aromatic rings. The van der Waals surface area contributed by atoms with Crippen LogP contribution in [0.3, 0.4) is 0 Å². The van der Waals surface area contributed by atoms with Gasteiger partial charge in [0.2, 0.25) is 5.88 Å². The largest absolute Gasteiger partial charge is 0.473 e. The molecule has 2 fully saturated rings. The molecular weight excluding hydrogens is 370 g/mol. The fourth-order valence-electron chi connectivity index (χ4n) is 4.13. The van der Waals surface area contributed by atoms with Gasteiger partial charge in [0, 0.05) is 45.2 Å². The summed E-state index contributed by atoms with van der Waals surface area (Å²) in [5.74, 6) is 2.41. The molecule has 1 amide bonds. The van der Waals surface area contributed by atoms with E-state index in [1.165, 1.54) is 6.33 Å². The quantitative estimate of drug-likeness (QED) is 0.811. The Balaban J connectivity index is 1.18. The van der Waals surface area contributed by atoms with Crippen LogP contribution < -0.4 is 20.3 Å². The van der Waals surface area contributed by atoms with Crippen LogP contribution >= 0.6 is 0 Å². The first kappa shape index (κ1) is 18.0. The van der Waals surface area contributed by atoms with E-state index in [9.17, 15) is 4.79 Å². The molecule has 9 heteroatoms. The smallest absolute Gasteiger partial charge is 0.255 e. The molecule has 0 unspecified atom stereocenters. The van der Waals surface area contributed by atoms with Crippen LogP contribution in [0.5, 0.6) is 5.88 Å². The second-order valence-corrected chi connectivity index (χ2v) is 7.64. The van der Waals surface area contributed by atoms with E-state index in [1.807, 2.05) is 17.0 Å². The monoisotopic (exact) mass is 395 g/mol. The van der Waals surface area contributed by atoms with Crippen molar-refractivity contribution in [3.63, 3.8) is 0 Å². The summed E-state index contributed by atoms with van der Waals surface area (Å²) in [6.45, 7) is 4.07. The van der Waals surface area contributed by atoms with Crippen molar-refractivity contribution in [2.24, 2.45) is 0 Å². The first-order valence-corrected chi connectivity index (χ1v) is 10.3. The van der Waals surface area contributed by atoms with Crippen LogP contribution in [0.4, 0.5) is 17.3 Å². The number of amides is 1. The minimum atomic E-state index is 0.0918. The van der Waals surface area contributed by atoms with Crippen LogP contribution in [0.2, 0.25) is 0 Å². The SMILES string of the molecule is O=C(c1ccc(N2CCC(Oc3ncnc4c3NCN4)CC2)nc1)N1CCCC1.